The van der Waals surface area contributed by atoms with Gasteiger partial charge in [-0.05, 0) is 59.0 Å². The van der Waals surface area contributed by atoms with E-state index in [1.54, 1.807) is 6.20 Å². The zero-order valence-electron chi connectivity index (χ0n) is 26.4. The van der Waals surface area contributed by atoms with E-state index in [1.165, 1.54) is 25.7 Å². The van der Waals surface area contributed by atoms with Gasteiger partial charge in [0.2, 0.25) is 0 Å². The van der Waals surface area contributed by atoms with Gasteiger partial charge in [-0.2, -0.15) is 0 Å². The third-order valence-electron chi connectivity index (χ3n) is 10.2. The van der Waals surface area contributed by atoms with Crippen LogP contribution in [0.3, 0.4) is 0 Å². The van der Waals surface area contributed by atoms with Crippen LogP contribution in [0.5, 0.6) is 0 Å². The molecule has 1 aliphatic heterocycles. The molecule has 1 unspecified atom stereocenters. The number of anilines is 3. The number of halogens is 1. The predicted octanol–water partition coefficient (Wildman–Crippen LogP) is 11.6. The molecule has 48 heavy (non-hydrogen) atoms. The minimum atomic E-state index is -1.33. The van der Waals surface area contributed by atoms with Crippen LogP contribution in [-0.2, 0) is 5.41 Å². The number of thiophene rings is 1. The van der Waals surface area contributed by atoms with Crippen molar-refractivity contribution < 1.29 is 4.39 Å². The summed E-state index contributed by atoms with van der Waals surface area (Å²) in [6, 6.07) is 39.4. The first-order valence-electron chi connectivity index (χ1n) is 16.2. The summed E-state index contributed by atoms with van der Waals surface area (Å²) in [6.07, 6.45) is 4.29. The average Bonchev–Trinajstić information content (AvgIpc) is 3.77. The van der Waals surface area contributed by atoms with Crippen LogP contribution in [0, 0.1) is 0 Å². The second-order valence-electron chi connectivity index (χ2n) is 13.2. The highest BCUT2D eigenvalue weighted by Crippen LogP contribution is 2.55. The second kappa shape index (κ2) is 9.96. The van der Waals surface area contributed by atoms with Gasteiger partial charge in [0, 0.05) is 71.8 Å². The van der Waals surface area contributed by atoms with E-state index in [-0.39, 0.29) is 5.41 Å². The number of alkyl halides is 1. The highest BCUT2D eigenvalue weighted by Gasteiger charge is 2.40. The Morgan fingerprint density at radius 1 is 0.688 bits per heavy atom. The van der Waals surface area contributed by atoms with Crippen LogP contribution >= 0.6 is 11.3 Å². The molecule has 0 amide bonds. The summed E-state index contributed by atoms with van der Waals surface area (Å²) in [7, 11) is 0. The molecule has 0 saturated heterocycles. The van der Waals surface area contributed by atoms with Crippen LogP contribution in [0.4, 0.5) is 21.6 Å². The molecular weight excluding hydrogens is 612 g/mol. The van der Waals surface area contributed by atoms with Crippen LogP contribution < -0.4 is 4.90 Å². The maximum absolute atomic E-state index is 16.8. The average molecular weight is 641 g/mol. The van der Waals surface area contributed by atoms with E-state index in [9.17, 15) is 0 Å². The van der Waals surface area contributed by atoms with Gasteiger partial charge in [0.25, 0.3) is 0 Å². The Morgan fingerprint density at radius 2 is 1.50 bits per heavy atom. The minimum absolute atomic E-state index is 0.288. The number of aromatic nitrogens is 3. The van der Waals surface area contributed by atoms with E-state index in [0.29, 0.717) is 11.1 Å². The molecule has 4 nitrogen and oxygen atoms in total. The monoisotopic (exact) mass is 640 g/mol. The molecular formula is C42H29FN4S. The lowest BCUT2D eigenvalue weighted by atomic mass is 9.74. The number of para-hydroxylation sites is 1. The lowest BCUT2D eigenvalue weighted by Gasteiger charge is -2.41. The molecule has 0 N–H and O–H groups in total. The molecule has 1 atom stereocenters. The Morgan fingerprint density at radius 3 is 2.42 bits per heavy atom. The third kappa shape index (κ3) is 3.75. The van der Waals surface area contributed by atoms with Gasteiger partial charge in [-0.3, -0.25) is 9.30 Å². The largest absolute Gasteiger partial charge is 0.299 e. The number of nitrogens with zero attached hydrogens (tertiary/aromatic N) is 4. The van der Waals surface area contributed by atoms with Crippen LogP contribution in [-0.4, -0.2) is 14.4 Å². The van der Waals surface area contributed by atoms with E-state index >= 15 is 4.39 Å². The number of hydrogen-bond donors (Lipinski definition) is 0. The molecule has 0 saturated carbocycles. The fraction of sp³-hybridized carbons (Fsp3) is 0.0952. The Balaban J connectivity index is 1.14. The van der Waals surface area contributed by atoms with Crippen molar-refractivity contribution in [2.45, 2.75) is 25.4 Å². The van der Waals surface area contributed by atoms with Crippen molar-refractivity contribution in [3.63, 3.8) is 0 Å². The topological polar surface area (TPSA) is 33.4 Å². The molecule has 0 spiro atoms. The first kappa shape index (κ1) is 27.5. The van der Waals surface area contributed by atoms with Crippen molar-refractivity contribution in [3.05, 3.63) is 156 Å². The van der Waals surface area contributed by atoms with Gasteiger partial charge in [-0.1, -0.05) is 86.6 Å². The first-order valence-corrected chi connectivity index (χ1v) is 17.0. The van der Waals surface area contributed by atoms with Crippen LogP contribution in [0.1, 0.15) is 42.3 Å². The Kier molecular flexibility index (Phi) is 5.71. The summed E-state index contributed by atoms with van der Waals surface area (Å²) in [5.41, 5.74) is 7.21. The standard InChI is InChI=1S/C42H29FN4S/c1-42(2)33-13-8-20-44-41(33)47(35-19-18-31-30-12-4-6-15-36(30)48-39(31)37(35)42)27-10-7-9-25(23-27)38(43)26-16-17-28-29-11-3-5-14-34(29)46-22-21-45-40(46)32(28)24-26/h3-24,38H,1-2H3. The second-order valence-corrected chi connectivity index (χ2v) is 14.2. The van der Waals surface area contributed by atoms with Gasteiger partial charge in [0.1, 0.15) is 11.5 Å². The molecule has 0 aliphatic carbocycles. The van der Waals surface area contributed by atoms with Crippen molar-refractivity contribution in [3.8, 4) is 0 Å². The molecule has 5 heterocycles. The van der Waals surface area contributed by atoms with Crippen molar-refractivity contribution in [2.75, 3.05) is 4.90 Å². The number of pyridine rings is 2. The molecule has 0 radical (unpaired) electrons. The number of fused-ring (bicyclic) bond motifs is 12. The van der Waals surface area contributed by atoms with Crippen LogP contribution in [0.15, 0.2) is 134 Å². The lowest BCUT2D eigenvalue weighted by Crippen LogP contribution is -2.31. The van der Waals surface area contributed by atoms with Gasteiger partial charge in [-0.15, -0.1) is 11.3 Å². The zero-order chi connectivity index (χ0) is 32.1. The van der Waals surface area contributed by atoms with Crippen molar-refractivity contribution in [1.82, 2.24) is 14.4 Å². The summed E-state index contributed by atoms with van der Waals surface area (Å²) in [6.45, 7) is 4.59. The predicted molar refractivity (Wildman–Crippen MR) is 197 cm³/mol. The summed E-state index contributed by atoms with van der Waals surface area (Å²) < 4.78 is 21.4. The zero-order valence-corrected chi connectivity index (χ0v) is 27.2. The Hall–Kier alpha value is -5.59. The molecule has 10 rings (SSSR count). The molecule has 4 aromatic heterocycles. The minimum Gasteiger partial charge on any atom is -0.299 e. The Labute approximate surface area is 280 Å². The van der Waals surface area contributed by atoms with Gasteiger partial charge in [0.05, 0.1) is 11.2 Å². The summed E-state index contributed by atoms with van der Waals surface area (Å²) in [5.74, 6) is 0.877. The fourth-order valence-corrected chi connectivity index (χ4v) is 9.31. The molecule has 5 aromatic carbocycles. The third-order valence-corrected chi connectivity index (χ3v) is 11.4. The van der Waals surface area contributed by atoms with Gasteiger partial charge < -0.3 is 0 Å². The van der Waals surface area contributed by atoms with Crippen LogP contribution in [0.2, 0.25) is 0 Å². The number of hydrogen-bond acceptors (Lipinski definition) is 4. The van der Waals surface area contributed by atoms with Crippen molar-refractivity contribution >= 4 is 76.0 Å². The summed E-state index contributed by atoms with van der Waals surface area (Å²) >= 11 is 1.84. The molecule has 230 valence electrons. The summed E-state index contributed by atoms with van der Waals surface area (Å²) in [4.78, 5) is 11.8. The van der Waals surface area contributed by atoms with E-state index in [1.807, 2.05) is 78.3 Å². The molecule has 6 heteroatoms. The normalized spacial score (nSPS) is 14.6. The van der Waals surface area contributed by atoms with E-state index in [4.69, 9.17) is 4.98 Å². The molecule has 1 aliphatic rings. The van der Waals surface area contributed by atoms with E-state index in [0.717, 1.165) is 50.1 Å². The first-order chi connectivity index (χ1) is 23.5. The van der Waals surface area contributed by atoms with Gasteiger partial charge in [0.15, 0.2) is 6.17 Å². The maximum atomic E-state index is 16.8. The highest BCUT2D eigenvalue weighted by atomic mass is 32.1. The van der Waals surface area contributed by atoms with Gasteiger partial charge in [-0.25, -0.2) is 14.4 Å². The highest BCUT2D eigenvalue weighted by molar-refractivity contribution is 7.26. The van der Waals surface area contributed by atoms with Crippen molar-refractivity contribution in [2.24, 2.45) is 0 Å². The number of imidazole rings is 1. The van der Waals surface area contributed by atoms with E-state index in [2.05, 4.69) is 88.8 Å². The smallest absolute Gasteiger partial charge is 0.150 e. The van der Waals surface area contributed by atoms with Gasteiger partial charge >= 0.3 is 0 Å². The van der Waals surface area contributed by atoms with E-state index < -0.39 is 6.17 Å². The summed E-state index contributed by atoms with van der Waals surface area (Å²) in [5, 5.41) is 5.66. The quantitative estimate of drug-likeness (QED) is 0.180. The fourth-order valence-electron chi connectivity index (χ4n) is 7.90. The number of rotatable bonds is 3. The van der Waals surface area contributed by atoms with Crippen molar-refractivity contribution in [1.29, 1.82) is 0 Å². The Bertz CT molecular complexity index is 2760. The SMILES string of the molecule is CC1(C)c2cccnc2N(c2cccc(C(F)c3ccc4c5ccccc5n5ccnc5c4c3)c2)c2ccc3c(sc4ccccc43)c21. The molecule has 9 aromatic rings. The molecule has 0 bridgehead atoms. The molecule has 0 fully saturated rings. The lowest BCUT2D eigenvalue weighted by molar-refractivity contribution is 0.402. The number of benzene rings is 5. The maximum Gasteiger partial charge on any atom is 0.150 e. The van der Waals surface area contributed by atoms with Crippen LogP contribution in [0.25, 0.3) is 47.5 Å².